The Morgan fingerprint density at radius 2 is 1.89 bits per heavy atom. The third kappa shape index (κ3) is 3.47. The molecule has 0 aliphatic heterocycles. The fourth-order valence-corrected chi connectivity index (χ4v) is 1.84. The van der Waals surface area contributed by atoms with Crippen LogP contribution in [0.4, 0.5) is 0 Å². The minimum Gasteiger partial charge on any atom is -0.489 e. The molecule has 1 aromatic heterocycles. The number of ether oxygens (including phenoxy) is 1. The molecule has 1 heterocycles. The Balaban J connectivity index is 1.98. The molecule has 0 aliphatic rings. The Kier molecular flexibility index (Phi) is 4.21. The van der Waals surface area contributed by atoms with Crippen LogP contribution >= 0.6 is 11.6 Å². The van der Waals surface area contributed by atoms with Crippen LogP contribution in [0, 0.1) is 0 Å². The quantitative estimate of drug-likeness (QED) is 0.759. The van der Waals surface area contributed by atoms with Crippen LogP contribution in [-0.2, 0) is 6.61 Å². The maximum Gasteiger partial charge on any atom is 0.129 e. The van der Waals surface area contributed by atoms with Gasteiger partial charge in [0.1, 0.15) is 17.5 Å². The summed E-state index contributed by atoms with van der Waals surface area (Å²) in [6, 6.07) is 11.9. The molecule has 3 heteroatoms. The lowest BCUT2D eigenvalue weighted by atomic mass is 10.0. The SMILES string of the molecule is CC(C)c1ccc(OCc2ccnc(Cl)c2)cc1. The van der Waals surface area contributed by atoms with Crippen molar-refractivity contribution in [3.63, 3.8) is 0 Å². The van der Waals surface area contributed by atoms with E-state index >= 15 is 0 Å². The van der Waals surface area contributed by atoms with Gasteiger partial charge in [0.05, 0.1) is 0 Å². The van der Waals surface area contributed by atoms with Gasteiger partial charge in [0, 0.05) is 6.20 Å². The largest absolute Gasteiger partial charge is 0.489 e. The molecule has 0 amide bonds. The van der Waals surface area contributed by atoms with Crippen molar-refractivity contribution in [3.8, 4) is 5.75 Å². The van der Waals surface area contributed by atoms with Crippen LogP contribution in [0.5, 0.6) is 5.75 Å². The van der Waals surface area contributed by atoms with E-state index in [1.165, 1.54) is 5.56 Å². The number of hydrogen-bond donors (Lipinski definition) is 0. The molecule has 0 unspecified atom stereocenters. The number of benzene rings is 1. The predicted molar refractivity (Wildman–Crippen MR) is 74.1 cm³/mol. The van der Waals surface area contributed by atoms with Crippen LogP contribution in [0.2, 0.25) is 5.15 Å². The second-order valence-corrected chi connectivity index (χ2v) is 4.89. The summed E-state index contributed by atoms with van der Waals surface area (Å²) in [4.78, 5) is 3.94. The number of nitrogens with zero attached hydrogens (tertiary/aromatic N) is 1. The van der Waals surface area contributed by atoms with Crippen molar-refractivity contribution < 1.29 is 4.74 Å². The number of halogens is 1. The van der Waals surface area contributed by atoms with Gasteiger partial charge in [0.25, 0.3) is 0 Å². The normalized spacial score (nSPS) is 10.7. The molecule has 0 saturated heterocycles. The summed E-state index contributed by atoms with van der Waals surface area (Å²) in [6.07, 6.45) is 1.68. The van der Waals surface area contributed by atoms with Crippen LogP contribution in [0.3, 0.4) is 0 Å². The highest BCUT2D eigenvalue weighted by Crippen LogP contribution is 2.19. The highest BCUT2D eigenvalue weighted by atomic mass is 35.5. The first-order valence-corrected chi connectivity index (χ1v) is 6.36. The Morgan fingerprint density at radius 3 is 2.50 bits per heavy atom. The molecule has 0 bridgehead atoms. The number of hydrogen-bond acceptors (Lipinski definition) is 2. The molecule has 0 saturated carbocycles. The summed E-state index contributed by atoms with van der Waals surface area (Å²) in [5, 5.41) is 0.492. The van der Waals surface area contributed by atoms with Gasteiger partial charge >= 0.3 is 0 Å². The van der Waals surface area contributed by atoms with Crippen LogP contribution in [0.25, 0.3) is 0 Å². The van der Waals surface area contributed by atoms with E-state index in [9.17, 15) is 0 Å². The van der Waals surface area contributed by atoms with Crippen molar-refractivity contribution in [2.75, 3.05) is 0 Å². The molecule has 0 N–H and O–H groups in total. The third-order valence-electron chi connectivity index (χ3n) is 2.74. The van der Waals surface area contributed by atoms with Gasteiger partial charge in [-0.3, -0.25) is 0 Å². The maximum absolute atomic E-state index is 5.82. The molecule has 0 aliphatic carbocycles. The fraction of sp³-hybridized carbons (Fsp3) is 0.267. The van der Waals surface area contributed by atoms with E-state index in [0.29, 0.717) is 17.7 Å². The Bertz CT molecular complexity index is 508. The minimum atomic E-state index is 0.492. The van der Waals surface area contributed by atoms with Gasteiger partial charge < -0.3 is 4.74 Å². The lowest BCUT2D eigenvalue weighted by Crippen LogP contribution is -1.96. The highest BCUT2D eigenvalue weighted by Gasteiger charge is 2.00. The molecule has 2 nitrogen and oxygen atoms in total. The van der Waals surface area contributed by atoms with E-state index in [0.717, 1.165) is 11.3 Å². The lowest BCUT2D eigenvalue weighted by Gasteiger charge is -2.09. The average Bonchev–Trinajstić information content (AvgIpc) is 2.37. The molecule has 0 radical (unpaired) electrons. The van der Waals surface area contributed by atoms with E-state index in [-0.39, 0.29) is 0 Å². The first-order chi connectivity index (χ1) is 8.65. The zero-order valence-electron chi connectivity index (χ0n) is 10.6. The zero-order valence-corrected chi connectivity index (χ0v) is 11.3. The highest BCUT2D eigenvalue weighted by molar-refractivity contribution is 6.29. The van der Waals surface area contributed by atoms with E-state index in [4.69, 9.17) is 16.3 Å². The third-order valence-corrected chi connectivity index (χ3v) is 2.95. The molecular weight excluding hydrogens is 246 g/mol. The van der Waals surface area contributed by atoms with E-state index in [1.54, 1.807) is 6.20 Å². The van der Waals surface area contributed by atoms with Crippen molar-refractivity contribution in [2.45, 2.75) is 26.4 Å². The van der Waals surface area contributed by atoms with Gasteiger partial charge in [0.15, 0.2) is 0 Å². The Morgan fingerprint density at radius 1 is 1.17 bits per heavy atom. The Labute approximate surface area is 113 Å². The van der Waals surface area contributed by atoms with Gasteiger partial charge in [-0.05, 0) is 41.3 Å². The van der Waals surface area contributed by atoms with Crippen molar-refractivity contribution in [1.82, 2.24) is 4.98 Å². The molecule has 94 valence electrons. The first-order valence-electron chi connectivity index (χ1n) is 5.98. The minimum absolute atomic E-state index is 0.492. The maximum atomic E-state index is 5.82. The van der Waals surface area contributed by atoms with Crippen molar-refractivity contribution in [2.24, 2.45) is 0 Å². The molecule has 0 fully saturated rings. The molecule has 0 atom stereocenters. The summed E-state index contributed by atoms with van der Waals surface area (Å²) in [6.45, 7) is 4.85. The zero-order chi connectivity index (χ0) is 13.0. The second-order valence-electron chi connectivity index (χ2n) is 4.50. The molecule has 2 aromatic rings. The summed E-state index contributed by atoms with van der Waals surface area (Å²) < 4.78 is 5.70. The van der Waals surface area contributed by atoms with Gasteiger partial charge in [-0.15, -0.1) is 0 Å². The molecule has 0 spiro atoms. The van der Waals surface area contributed by atoms with Crippen LogP contribution < -0.4 is 4.74 Å². The average molecular weight is 262 g/mol. The van der Waals surface area contributed by atoms with Gasteiger partial charge in [0.2, 0.25) is 0 Å². The second kappa shape index (κ2) is 5.87. The summed E-state index contributed by atoms with van der Waals surface area (Å²) in [7, 11) is 0. The lowest BCUT2D eigenvalue weighted by molar-refractivity contribution is 0.306. The van der Waals surface area contributed by atoms with Gasteiger partial charge in [-0.1, -0.05) is 37.6 Å². The summed E-state index contributed by atoms with van der Waals surface area (Å²) in [5.41, 5.74) is 2.33. The Hall–Kier alpha value is -1.54. The predicted octanol–water partition coefficient (Wildman–Crippen LogP) is 4.44. The van der Waals surface area contributed by atoms with E-state index in [2.05, 4.69) is 31.0 Å². The smallest absolute Gasteiger partial charge is 0.129 e. The van der Waals surface area contributed by atoms with Crippen molar-refractivity contribution in [1.29, 1.82) is 0 Å². The van der Waals surface area contributed by atoms with Crippen molar-refractivity contribution in [3.05, 3.63) is 58.9 Å². The monoisotopic (exact) mass is 261 g/mol. The van der Waals surface area contributed by atoms with E-state index < -0.39 is 0 Å². The standard InChI is InChI=1S/C15H16ClNO/c1-11(2)13-3-5-14(6-4-13)18-10-12-7-8-17-15(16)9-12/h3-9,11H,10H2,1-2H3. The van der Waals surface area contributed by atoms with E-state index in [1.807, 2.05) is 24.3 Å². The molecule has 18 heavy (non-hydrogen) atoms. The molecule has 2 rings (SSSR count). The summed E-state index contributed by atoms with van der Waals surface area (Å²) in [5.74, 6) is 1.41. The fourth-order valence-electron chi connectivity index (χ4n) is 1.65. The van der Waals surface area contributed by atoms with Crippen molar-refractivity contribution >= 4 is 11.6 Å². The number of pyridine rings is 1. The van der Waals surface area contributed by atoms with Crippen LogP contribution in [-0.4, -0.2) is 4.98 Å². The molecular formula is C15H16ClNO. The summed E-state index contributed by atoms with van der Waals surface area (Å²) >= 11 is 5.82. The van der Waals surface area contributed by atoms with Gasteiger partial charge in [-0.25, -0.2) is 4.98 Å². The molecule has 1 aromatic carbocycles. The number of aromatic nitrogens is 1. The van der Waals surface area contributed by atoms with Gasteiger partial charge in [-0.2, -0.15) is 0 Å². The van der Waals surface area contributed by atoms with Crippen LogP contribution in [0.1, 0.15) is 30.9 Å². The topological polar surface area (TPSA) is 22.1 Å². The number of rotatable bonds is 4. The van der Waals surface area contributed by atoms with Crippen LogP contribution in [0.15, 0.2) is 42.6 Å². The first kappa shape index (κ1) is 12.9.